The molecular weight excluding hydrogens is 632 g/mol. The molecule has 0 amide bonds. The van der Waals surface area contributed by atoms with E-state index in [1.807, 2.05) is 44.2 Å². The van der Waals surface area contributed by atoms with Crippen molar-refractivity contribution < 1.29 is 33.2 Å². The van der Waals surface area contributed by atoms with Crippen molar-refractivity contribution in [2.24, 2.45) is 5.92 Å². The van der Waals surface area contributed by atoms with Crippen molar-refractivity contribution in [3.63, 3.8) is 0 Å². The van der Waals surface area contributed by atoms with Gasteiger partial charge in [-0.15, -0.1) is 0 Å². The molecule has 9 nitrogen and oxygen atoms in total. The normalized spacial score (nSPS) is 18.6. The van der Waals surface area contributed by atoms with Crippen molar-refractivity contribution >= 4 is 5.97 Å². The molecule has 0 fully saturated rings. The second-order valence-electron chi connectivity index (χ2n) is 13.8. The van der Waals surface area contributed by atoms with E-state index < -0.39 is 0 Å². The Bertz CT molecular complexity index is 1900. The fourth-order valence-corrected chi connectivity index (χ4v) is 7.40. The van der Waals surface area contributed by atoms with Crippen LogP contribution < -0.4 is 28.4 Å². The zero-order valence-electron chi connectivity index (χ0n) is 30.0. The number of hydrogen-bond acceptors (Lipinski definition) is 9. The lowest BCUT2D eigenvalue weighted by molar-refractivity contribution is -0.138. The van der Waals surface area contributed by atoms with Crippen molar-refractivity contribution in [2.75, 3.05) is 48.5 Å². The smallest absolute Gasteiger partial charge is 0.314 e. The van der Waals surface area contributed by atoms with Gasteiger partial charge < -0.3 is 28.4 Å². The summed E-state index contributed by atoms with van der Waals surface area (Å²) >= 11 is 0. The number of carbonyl (C=O) groups excluding carboxylic acids is 1. The summed E-state index contributed by atoms with van der Waals surface area (Å²) < 4.78 is 37.3. The Hall–Kier alpha value is -4.73. The van der Waals surface area contributed by atoms with Crippen molar-refractivity contribution in [1.82, 2.24) is 9.80 Å². The summed E-state index contributed by atoms with van der Waals surface area (Å²) in [6.45, 7) is 5.39. The van der Waals surface area contributed by atoms with Gasteiger partial charge >= 0.3 is 5.97 Å². The summed E-state index contributed by atoms with van der Waals surface area (Å²) in [5.41, 5.74) is 6.70. The molecule has 0 N–H and O–H groups in total. The van der Waals surface area contributed by atoms with Crippen LogP contribution in [0.2, 0.25) is 0 Å². The number of ether oxygens (including phenoxy) is 6. The first kappa shape index (κ1) is 33.8. The number of rotatable bonds is 5. The zero-order valence-corrected chi connectivity index (χ0v) is 30.0. The van der Waals surface area contributed by atoms with E-state index in [2.05, 4.69) is 54.2 Å². The van der Waals surface area contributed by atoms with Gasteiger partial charge in [0.25, 0.3) is 0 Å². The minimum Gasteiger partial charge on any atom is -0.493 e. The average molecular weight is 679 g/mol. The van der Waals surface area contributed by atoms with E-state index in [0.717, 1.165) is 54.8 Å². The molecule has 4 aliphatic rings. The Labute approximate surface area is 294 Å². The maximum Gasteiger partial charge on any atom is 0.314 e. The molecule has 4 heterocycles. The first-order chi connectivity index (χ1) is 24.2. The molecule has 4 aliphatic heterocycles. The van der Waals surface area contributed by atoms with Gasteiger partial charge in [-0.3, -0.25) is 14.6 Å². The fraction of sp³-hybridized carbons (Fsp3) is 0.390. The topological polar surface area (TPSA) is 78.9 Å². The number of benzene rings is 4. The Kier molecular flexibility index (Phi) is 9.37. The van der Waals surface area contributed by atoms with Crippen LogP contribution in [0.4, 0.5) is 0 Å². The molecule has 0 spiro atoms. The second-order valence-corrected chi connectivity index (χ2v) is 13.8. The quantitative estimate of drug-likeness (QED) is 0.156. The van der Waals surface area contributed by atoms with Crippen molar-refractivity contribution in [2.45, 2.75) is 51.6 Å². The molecular formula is C41H46N2O7. The van der Waals surface area contributed by atoms with Gasteiger partial charge in [0, 0.05) is 30.7 Å². The standard InChI is InChI=1S/C41H46N2O7/c1-24(2)41(44)50-39-37(47-7)22-28-15-17-43(4)32-19-26-10-13-33(45-5)35(20-26)48-29-11-8-25(9-12-29)18-31-30-23-36(49-40(39)38(28)32)34(46-6)21-27(30)14-16-42(31)3/h8-13,20-24,31-32H,14-19H2,1-7H3/t31-,32-/m0/s1. The maximum atomic E-state index is 13.3. The molecule has 0 unspecified atom stereocenters. The van der Waals surface area contributed by atoms with E-state index in [4.69, 9.17) is 28.4 Å². The summed E-state index contributed by atoms with van der Waals surface area (Å²) in [7, 11) is 9.21. The van der Waals surface area contributed by atoms with Crippen LogP contribution >= 0.6 is 0 Å². The van der Waals surface area contributed by atoms with Crippen molar-refractivity contribution in [3.05, 3.63) is 94.0 Å². The third-order valence-corrected chi connectivity index (χ3v) is 10.3. The molecule has 4 aromatic rings. The van der Waals surface area contributed by atoms with E-state index in [9.17, 15) is 4.79 Å². The van der Waals surface area contributed by atoms with Crippen LogP contribution in [0.5, 0.6) is 46.0 Å². The van der Waals surface area contributed by atoms with E-state index in [-0.39, 0.29) is 29.7 Å². The molecule has 0 saturated heterocycles. The lowest BCUT2D eigenvalue weighted by atomic mass is 9.87. The van der Waals surface area contributed by atoms with Crippen LogP contribution in [0, 0.1) is 5.92 Å². The van der Waals surface area contributed by atoms with Crippen LogP contribution in [-0.2, 0) is 30.5 Å². The Balaban J connectivity index is 1.49. The Morgan fingerprint density at radius 3 is 2.04 bits per heavy atom. The Morgan fingerprint density at radius 2 is 1.34 bits per heavy atom. The molecule has 6 bridgehead atoms. The lowest BCUT2D eigenvalue weighted by Gasteiger charge is -2.37. The maximum absolute atomic E-state index is 13.3. The summed E-state index contributed by atoms with van der Waals surface area (Å²) in [5.74, 6) is 3.69. The molecule has 262 valence electrons. The Morgan fingerprint density at radius 1 is 0.720 bits per heavy atom. The average Bonchev–Trinajstić information content (AvgIpc) is 3.11. The van der Waals surface area contributed by atoms with Crippen LogP contribution in [0.3, 0.4) is 0 Å². The third-order valence-electron chi connectivity index (χ3n) is 10.3. The van der Waals surface area contributed by atoms with Gasteiger partial charge in [0.1, 0.15) is 5.75 Å². The van der Waals surface area contributed by atoms with E-state index in [1.54, 1.807) is 21.3 Å². The van der Waals surface area contributed by atoms with Crippen molar-refractivity contribution in [1.29, 1.82) is 0 Å². The van der Waals surface area contributed by atoms with E-state index in [0.29, 0.717) is 40.9 Å². The molecule has 0 aromatic heterocycles. The number of fused-ring (bicyclic) bond motifs is 2. The highest BCUT2D eigenvalue weighted by Gasteiger charge is 2.35. The van der Waals surface area contributed by atoms with Gasteiger partial charge in [-0.25, -0.2) is 0 Å². The van der Waals surface area contributed by atoms with Gasteiger partial charge in [-0.05, 0) is 110 Å². The van der Waals surface area contributed by atoms with Crippen LogP contribution in [0.1, 0.15) is 59.3 Å². The number of methoxy groups -OCH3 is 3. The van der Waals surface area contributed by atoms with Gasteiger partial charge in [0.2, 0.25) is 5.75 Å². The van der Waals surface area contributed by atoms with E-state index in [1.165, 1.54) is 16.7 Å². The van der Waals surface area contributed by atoms with Crippen LogP contribution in [0.25, 0.3) is 0 Å². The molecule has 8 rings (SSSR count). The molecule has 9 heteroatoms. The van der Waals surface area contributed by atoms with Gasteiger partial charge in [0.15, 0.2) is 34.5 Å². The monoisotopic (exact) mass is 678 g/mol. The van der Waals surface area contributed by atoms with Gasteiger partial charge in [-0.1, -0.05) is 32.0 Å². The van der Waals surface area contributed by atoms with Gasteiger partial charge in [0.05, 0.1) is 27.2 Å². The summed E-state index contributed by atoms with van der Waals surface area (Å²) in [4.78, 5) is 18.0. The molecule has 0 saturated carbocycles. The highest BCUT2D eigenvalue weighted by molar-refractivity contribution is 5.77. The number of likely N-dealkylation sites (N-methyl/N-ethyl adjacent to an activating group) is 2. The summed E-state index contributed by atoms with van der Waals surface area (Å²) in [6, 6.07) is 20.6. The molecule has 0 radical (unpaired) electrons. The number of hydrogen-bond donors (Lipinski definition) is 0. The molecule has 50 heavy (non-hydrogen) atoms. The summed E-state index contributed by atoms with van der Waals surface area (Å²) in [5, 5.41) is 0. The summed E-state index contributed by atoms with van der Waals surface area (Å²) in [6.07, 6.45) is 3.10. The highest BCUT2D eigenvalue weighted by Crippen LogP contribution is 2.52. The van der Waals surface area contributed by atoms with Crippen LogP contribution in [-0.4, -0.2) is 64.3 Å². The lowest BCUT2D eigenvalue weighted by Crippen LogP contribution is -2.34. The fourth-order valence-electron chi connectivity index (χ4n) is 7.40. The third kappa shape index (κ3) is 6.36. The number of nitrogens with zero attached hydrogens (tertiary/aromatic N) is 2. The first-order valence-electron chi connectivity index (χ1n) is 17.4. The number of esters is 1. The SMILES string of the molecule is COc1ccc2cc1Oc1ccc(cc1)C[C@H]1c3cc(c(OC)cc3CCN1C)Oc1c(OC(=O)C(C)C)c(OC)cc3c1[C@H](C2)N(C)CC3. The molecule has 2 atom stereocenters. The minimum absolute atomic E-state index is 0.103. The first-order valence-corrected chi connectivity index (χ1v) is 17.4. The highest BCUT2D eigenvalue weighted by atomic mass is 16.6. The van der Waals surface area contributed by atoms with Gasteiger partial charge in [-0.2, -0.15) is 0 Å². The molecule has 4 aromatic carbocycles. The predicted molar refractivity (Wildman–Crippen MR) is 192 cm³/mol. The second kappa shape index (κ2) is 13.9. The van der Waals surface area contributed by atoms with E-state index >= 15 is 0 Å². The zero-order chi connectivity index (χ0) is 35.1. The molecule has 0 aliphatic carbocycles. The minimum atomic E-state index is -0.370. The number of carbonyl (C=O) groups is 1. The van der Waals surface area contributed by atoms with Crippen molar-refractivity contribution in [3.8, 4) is 46.0 Å². The largest absolute Gasteiger partial charge is 0.493 e. The predicted octanol–water partition coefficient (Wildman–Crippen LogP) is 7.72. The van der Waals surface area contributed by atoms with Crippen LogP contribution in [0.15, 0.2) is 60.7 Å².